The van der Waals surface area contributed by atoms with Crippen molar-refractivity contribution in [2.24, 2.45) is 0 Å². The number of nitrogens with zero attached hydrogens (tertiary/aromatic N) is 1. The van der Waals surface area contributed by atoms with Crippen molar-refractivity contribution < 1.29 is 4.74 Å². The van der Waals surface area contributed by atoms with Crippen molar-refractivity contribution in [1.82, 2.24) is 9.55 Å². The Labute approximate surface area is 119 Å². The van der Waals surface area contributed by atoms with Crippen LogP contribution < -0.4 is 4.74 Å². The van der Waals surface area contributed by atoms with Gasteiger partial charge in [-0.25, -0.2) is 0 Å². The van der Waals surface area contributed by atoms with Crippen molar-refractivity contribution in [2.75, 3.05) is 6.61 Å². The van der Waals surface area contributed by atoms with E-state index in [1.165, 1.54) is 11.1 Å². The first-order valence-electron chi connectivity index (χ1n) is 5.84. The molecule has 1 aliphatic rings. The van der Waals surface area contributed by atoms with E-state index in [9.17, 15) is 0 Å². The fourth-order valence-electron chi connectivity index (χ4n) is 2.31. The molecule has 0 amide bonds. The molecule has 1 aromatic heterocycles. The second-order valence-corrected chi connectivity index (χ2v) is 5.78. The smallest absolute Gasteiger partial charge is 0.177 e. The molecule has 3 rings (SSSR count). The first-order valence-corrected chi connectivity index (χ1v) is 7.04. The molecule has 0 atom stereocenters. The number of aromatic amines is 1. The van der Waals surface area contributed by atoms with Gasteiger partial charge in [-0.15, -0.1) is 0 Å². The van der Waals surface area contributed by atoms with E-state index in [0.717, 1.165) is 40.3 Å². The van der Waals surface area contributed by atoms with Crippen LogP contribution in [-0.4, -0.2) is 16.2 Å². The molecule has 0 spiro atoms. The Kier molecular flexibility index (Phi) is 3.03. The summed E-state index contributed by atoms with van der Waals surface area (Å²) in [5.74, 6) is 1.03. The van der Waals surface area contributed by atoms with Crippen molar-refractivity contribution in [3.05, 3.63) is 44.4 Å². The zero-order valence-corrected chi connectivity index (χ0v) is 12.4. The number of nitrogens with one attached hydrogen (secondary N) is 1. The largest absolute Gasteiger partial charge is 0.493 e. The van der Waals surface area contributed by atoms with Crippen molar-refractivity contribution >= 4 is 28.1 Å². The number of aryl methyl sites for hydroxylation is 1. The quantitative estimate of drug-likeness (QED) is 0.855. The van der Waals surface area contributed by atoms with E-state index in [1.54, 1.807) is 0 Å². The van der Waals surface area contributed by atoms with Crippen LogP contribution >= 0.6 is 28.1 Å². The van der Waals surface area contributed by atoms with Gasteiger partial charge in [0.05, 0.1) is 13.2 Å². The molecular formula is C13H13BrN2OS. The third-order valence-electron chi connectivity index (χ3n) is 3.23. The van der Waals surface area contributed by atoms with Crippen LogP contribution in [0.15, 0.2) is 22.8 Å². The molecule has 1 aliphatic heterocycles. The maximum Gasteiger partial charge on any atom is 0.177 e. The van der Waals surface area contributed by atoms with Crippen molar-refractivity contribution in [3.8, 4) is 5.75 Å². The minimum absolute atomic E-state index is 0.746. The van der Waals surface area contributed by atoms with E-state index in [-0.39, 0.29) is 0 Å². The van der Waals surface area contributed by atoms with Crippen molar-refractivity contribution in [1.29, 1.82) is 0 Å². The van der Waals surface area contributed by atoms with Crippen LogP contribution in [0.3, 0.4) is 0 Å². The molecule has 0 radical (unpaired) electrons. The third-order valence-corrected chi connectivity index (χ3v) is 4.03. The normalized spacial score (nSPS) is 13.4. The maximum atomic E-state index is 5.73. The Balaban J connectivity index is 2.06. The summed E-state index contributed by atoms with van der Waals surface area (Å²) in [5, 5.41) is 0. The van der Waals surface area contributed by atoms with Crippen LogP contribution in [0.4, 0.5) is 0 Å². The van der Waals surface area contributed by atoms with Crippen LogP contribution in [0.2, 0.25) is 0 Å². The summed E-state index contributed by atoms with van der Waals surface area (Å²) >= 11 is 8.85. The van der Waals surface area contributed by atoms with Gasteiger partial charge in [-0.3, -0.25) is 0 Å². The first kappa shape index (κ1) is 12.0. The van der Waals surface area contributed by atoms with Gasteiger partial charge < -0.3 is 14.3 Å². The Morgan fingerprint density at radius 1 is 1.50 bits per heavy atom. The molecule has 3 nitrogen and oxygen atoms in total. The average Bonchev–Trinajstić information content (AvgIpc) is 2.90. The lowest BCUT2D eigenvalue weighted by Crippen LogP contribution is -2.03. The second kappa shape index (κ2) is 4.55. The van der Waals surface area contributed by atoms with Crippen molar-refractivity contribution in [2.45, 2.75) is 19.9 Å². The molecule has 1 aromatic carbocycles. The van der Waals surface area contributed by atoms with Gasteiger partial charge in [0.1, 0.15) is 5.75 Å². The van der Waals surface area contributed by atoms with Gasteiger partial charge in [0.2, 0.25) is 0 Å². The van der Waals surface area contributed by atoms with E-state index in [4.69, 9.17) is 17.0 Å². The minimum Gasteiger partial charge on any atom is -0.493 e. The highest BCUT2D eigenvalue weighted by molar-refractivity contribution is 9.10. The van der Waals surface area contributed by atoms with Gasteiger partial charge in [0.25, 0.3) is 0 Å². The van der Waals surface area contributed by atoms with E-state index in [0.29, 0.717) is 0 Å². The molecule has 0 saturated carbocycles. The van der Waals surface area contributed by atoms with Crippen LogP contribution in [0.1, 0.15) is 16.8 Å². The molecule has 94 valence electrons. The predicted octanol–water partition coefficient (Wildman–Crippen LogP) is 3.60. The summed E-state index contributed by atoms with van der Waals surface area (Å²) < 4.78 is 9.66. The summed E-state index contributed by atoms with van der Waals surface area (Å²) in [4.78, 5) is 3.06. The molecule has 5 heteroatoms. The standard InChI is InChI=1S/C13H13BrN2OS/c1-8-6-15-13(18)16(8)7-10-5-11(14)4-9-2-3-17-12(9)10/h4-6H,2-3,7H2,1H3,(H,15,18). The average molecular weight is 325 g/mol. The maximum absolute atomic E-state index is 5.73. The molecule has 0 unspecified atom stereocenters. The number of ether oxygens (including phenoxy) is 1. The van der Waals surface area contributed by atoms with Gasteiger partial charge in [0, 0.05) is 28.3 Å². The van der Waals surface area contributed by atoms with Crippen LogP contribution in [0.5, 0.6) is 5.75 Å². The highest BCUT2D eigenvalue weighted by atomic mass is 79.9. The SMILES string of the molecule is Cc1c[nH]c(=S)n1Cc1cc(Br)cc2c1OCC2. The number of rotatable bonds is 2. The number of benzene rings is 1. The fraction of sp³-hybridized carbons (Fsp3) is 0.308. The number of fused-ring (bicyclic) bond motifs is 1. The van der Waals surface area contributed by atoms with Gasteiger partial charge in [-0.2, -0.15) is 0 Å². The van der Waals surface area contributed by atoms with Crippen LogP contribution in [-0.2, 0) is 13.0 Å². The molecule has 0 saturated heterocycles. The third kappa shape index (κ3) is 2.01. The van der Waals surface area contributed by atoms with E-state index >= 15 is 0 Å². The predicted molar refractivity (Wildman–Crippen MR) is 76.8 cm³/mol. The molecule has 0 fully saturated rings. The number of hydrogen-bond donors (Lipinski definition) is 1. The Hall–Kier alpha value is -1.07. The Morgan fingerprint density at radius 3 is 3.06 bits per heavy atom. The van der Waals surface area contributed by atoms with Gasteiger partial charge in [-0.05, 0) is 36.8 Å². The molecule has 1 N–H and O–H groups in total. The zero-order valence-electron chi connectivity index (χ0n) is 10.00. The highest BCUT2D eigenvalue weighted by Crippen LogP contribution is 2.33. The van der Waals surface area contributed by atoms with Crippen LogP contribution in [0.25, 0.3) is 0 Å². The number of H-pyrrole nitrogens is 1. The summed E-state index contributed by atoms with van der Waals surface area (Å²) in [6.45, 7) is 3.57. The Morgan fingerprint density at radius 2 is 2.33 bits per heavy atom. The molecule has 2 aromatic rings. The van der Waals surface area contributed by atoms with Gasteiger partial charge in [0.15, 0.2) is 4.77 Å². The lowest BCUT2D eigenvalue weighted by Gasteiger charge is -2.11. The lowest BCUT2D eigenvalue weighted by atomic mass is 10.1. The van der Waals surface area contributed by atoms with Crippen LogP contribution in [0, 0.1) is 11.7 Å². The first-order chi connectivity index (χ1) is 8.65. The molecule has 18 heavy (non-hydrogen) atoms. The molecule has 0 aliphatic carbocycles. The summed E-state index contributed by atoms with van der Waals surface area (Å²) in [5.41, 5.74) is 3.58. The number of aromatic nitrogens is 2. The number of imidazole rings is 1. The topological polar surface area (TPSA) is 29.9 Å². The Bertz CT molecular complexity index is 659. The second-order valence-electron chi connectivity index (χ2n) is 4.47. The van der Waals surface area contributed by atoms with Gasteiger partial charge >= 0.3 is 0 Å². The van der Waals surface area contributed by atoms with E-state index < -0.39 is 0 Å². The number of halogens is 1. The minimum atomic E-state index is 0.746. The summed E-state index contributed by atoms with van der Waals surface area (Å²) in [6.07, 6.45) is 2.92. The van der Waals surface area contributed by atoms with Gasteiger partial charge in [-0.1, -0.05) is 15.9 Å². The highest BCUT2D eigenvalue weighted by Gasteiger charge is 2.18. The van der Waals surface area contributed by atoms with Crippen molar-refractivity contribution in [3.63, 3.8) is 0 Å². The summed E-state index contributed by atoms with van der Waals surface area (Å²) in [7, 11) is 0. The van der Waals surface area contributed by atoms with E-state index in [2.05, 4.69) is 37.6 Å². The molecular weight excluding hydrogens is 312 g/mol. The lowest BCUT2D eigenvalue weighted by molar-refractivity contribution is 0.352. The monoisotopic (exact) mass is 324 g/mol. The number of hydrogen-bond acceptors (Lipinski definition) is 2. The van der Waals surface area contributed by atoms with E-state index in [1.807, 2.05) is 13.1 Å². The molecule has 2 heterocycles. The molecule has 0 bridgehead atoms. The fourth-order valence-corrected chi connectivity index (χ4v) is 3.13. The zero-order chi connectivity index (χ0) is 12.7. The summed E-state index contributed by atoms with van der Waals surface area (Å²) in [6, 6.07) is 4.24.